The highest BCUT2D eigenvalue weighted by atomic mass is 35.5. The van der Waals surface area contributed by atoms with Crippen molar-refractivity contribution in [1.29, 1.82) is 0 Å². The molecular formula is C13H16ClNO2. The lowest BCUT2D eigenvalue weighted by molar-refractivity contribution is -0.145. The van der Waals surface area contributed by atoms with Crippen LogP contribution in [0.15, 0.2) is 24.3 Å². The molecule has 1 aromatic carbocycles. The summed E-state index contributed by atoms with van der Waals surface area (Å²) < 4.78 is 5.15. The average molecular weight is 254 g/mol. The summed E-state index contributed by atoms with van der Waals surface area (Å²) in [6, 6.07) is 7.28. The highest BCUT2D eigenvalue weighted by Crippen LogP contribution is 2.32. The van der Waals surface area contributed by atoms with Crippen LogP contribution in [0.3, 0.4) is 0 Å². The van der Waals surface area contributed by atoms with Gasteiger partial charge in [0.05, 0.1) is 6.42 Å². The molecule has 92 valence electrons. The van der Waals surface area contributed by atoms with Crippen molar-refractivity contribution in [3.63, 3.8) is 0 Å². The number of rotatable bonds is 5. The van der Waals surface area contributed by atoms with Crippen LogP contribution in [0.4, 0.5) is 0 Å². The maximum absolute atomic E-state index is 11.5. The Kier molecular flexibility index (Phi) is 4.02. The lowest BCUT2D eigenvalue weighted by Gasteiger charge is -2.10. The first kappa shape index (κ1) is 12.4. The summed E-state index contributed by atoms with van der Waals surface area (Å²) >= 11 is 5.96. The Hall–Kier alpha value is -1.06. The molecule has 1 aliphatic rings. The molecule has 0 aliphatic heterocycles. The molecule has 0 spiro atoms. The van der Waals surface area contributed by atoms with Gasteiger partial charge in [-0.25, -0.2) is 0 Å². The Morgan fingerprint density at radius 3 is 2.82 bits per heavy atom. The number of hydrogen-bond donors (Lipinski definition) is 1. The fourth-order valence-electron chi connectivity index (χ4n) is 1.72. The third kappa shape index (κ3) is 3.72. The second kappa shape index (κ2) is 5.52. The molecule has 1 aliphatic carbocycles. The van der Waals surface area contributed by atoms with Crippen molar-refractivity contribution in [2.24, 2.45) is 11.7 Å². The van der Waals surface area contributed by atoms with E-state index in [1.165, 1.54) is 0 Å². The molecule has 2 N–H and O–H groups in total. The van der Waals surface area contributed by atoms with Gasteiger partial charge in [0, 0.05) is 16.6 Å². The van der Waals surface area contributed by atoms with Gasteiger partial charge < -0.3 is 10.5 Å². The average Bonchev–Trinajstić information content (AvgIpc) is 3.11. The van der Waals surface area contributed by atoms with E-state index in [0.717, 1.165) is 18.4 Å². The van der Waals surface area contributed by atoms with E-state index in [1.807, 2.05) is 18.2 Å². The van der Waals surface area contributed by atoms with Gasteiger partial charge in [0.2, 0.25) is 0 Å². The highest BCUT2D eigenvalue weighted by molar-refractivity contribution is 6.31. The topological polar surface area (TPSA) is 52.3 Å². The van der Waals surface area contributed by atoms with E-state index in [1.54, 1.807) is 6.07 Å². The molecule has 1 unspecified atom stereocenters. The normalized spacial score (nSPS) is 16.6. The maximum atomic E-state index is 11.5. The van der Waals surface area contributed by atoms with E-state index in [0.29, 0.717) is 17.4 Å². The van der Waals surface area contributed by atoms with Crippen LogP contribution in [-0.4, -0.2) is 12.0 Å². The van der Waals surface area contributed by atoms with E-state index in [2.05, 4.69) is 0 Å². The summed E-state index contributed by atoms with van der Waals surface area (Å²) in [6.07, 6.45) is 2.58. The Balaban J connectivity index is 1.77. The Bertz CT molecular complexity index is 404. The van der Waals surface area contributed by atoms with Gasteiger partial charge in [0.25, 0.3) is 0 Å². The standard InChI is InChI=1S/C13H16ClNO2/c14-11-4-2-1-3-10(11)8-17-13(16)7-12(15)9-5-6-9/h1-4,9,12H,5-8,15H2. The van der Waals surface area contributed by atoms with Gasteiger partial charge in [-0.2, -0.15) is 0 Å². The third-order valence-corrected chi connectivity index (χ3v) is 3.35. The lowest BCUT2D eigenvalue weighted by atomic mass is 10.1. The highest BCUT2D eigenvalue weighted by Gasteiger charge is 2.30. The van der Waals surface area contributed by atoms with E-state index >= 15 is 0 Å². The Labute approximate surface area is 106 Å². The zero-order valence-electron chi connectivity index (χ0n) is 9.56. The number of carbonyl (C=O) groups is 1. The number of ether oxygens (including phenoxy) is 1. The second-order valence-corrected chi connectivity index (χ2v) is 4.86. The summed E-state index contributed by atoms with van der Waals surface area (Å²) in [5.41, 5.74) is 6.67. The quantitative estimate of drug-likeness (QED) is 0.821. The minimum absolute atomic E-state index is 0.0475. The number of carbonyl (C=O) groups excluding carboxylic acids is 1. The van der Waals surface area contributed by atoms with Crippen LogP contribution in [0.5, 0.6) is 0 Å². The van der Waals surface area contributed by atoms with Crippen molar-refractivity contribution >= 4 is 17.6 Å². The van der Waals surface area contributed by atoms with Crippen molar-refractivity contribution in [2.45, 2.75) is 31.9 Å². The molecule has 0 amide bonds. The van der Waals surface area contributed by atoms with Crippen molar-refractivity contribution < 1.29 is 9.53 Å². The van der Waals surface area contributed by atoms with Crippen LogP contribution in [0, 0.1) is 5.92 Å². The van der Waals surface area contributed by atoms with Crippen LogP contribution >= 0.6 is 11.6 Å². The fourth-order valence-corrected chi connectivity index (χ4v) is 1.91. The lowest BCUT2D eigenvalue weighted by Crippen LogP contribution is -2.26. The van der Waals surface area contributed by atoms with Gasteiger partial charge in [-0.1, -0.05) is 29.8 Å². The molecular weight excluding hydrogens is 238 g/mol. The minimum Gasteiger partial charge on any atom is -0.461 e. The number of nitrogens with two attached hydrogens (primary N) is 1. The predicted octanol–water partition coefficient (Wildman–Crippen LogP) is 2.51. The van der Waals surface area contributed by atoms with Crippen molar-refractivity contribution in [2.75, 3.05) is 0 Å². The molecule has 3 nitrogen and oxygen atoms in total. The van der Waals surface area contributed by atoms with Gasteiger partial charge in [-0.3, -0.25) is 4.79 Å². The largest absolute Gasteiger partial charge is 0.461 e. The van der Waals surface area contributed by atoms with Crippen LogP contribution in [0.1, 0.15) is 24.8 Å². The molecule has 4 heteroatoms. The Morgan fingerprint density at radius 2 is 2.18 bits per heavy atom. The van der Waals surface area contributed by atoms with Crippen LogP contribution in [0.25, 0.3) is 0 Å². The summed E-state index contributed by atoms with van der Waals surface area (Å²) in [5, 5.41) is 0.617. The first-order valence-corrected chi connectivity index (χ1v) is 6.19. The first-order chi connectivity index (χ1) is 8.16. The van der Waals surface area contributed by atoms with Crippen molar-refractivity contribution in [3.8, 4) is 0 Å². The molecule has 0 saturated heterocycles. The summed E-state index contributed by atoms with van der Waals surface area (Å²) in [6.45, 7) is 0.218. The number of halogens is 1. The molecule has 1 atom stereocenters. The van der Waals surface area contributed by atoms with E-state index < -0.39 is 0 Å². The van der Waals surface area contributed by atoms with E-state index in [9.17, 15) is 4.79 Å². The molecule has 0 heterocycles. The third-order valence-electron chi connectivity index (χ3n) is 2.98. The van der Waals surface area contributed by atoms with Gasteiger partial charge >= 0.3 is 5.97 Å². The molecule has 0 bridgehead atoms. The van der Waals surface area contributed by atoms with Crippen LogP contribution < -0.4 is 5.73 Å². The summed E-state index contributed by atoms with van der Waals surface area (Å²) in [4.78, 5) is 11.5. The molecule has 2 rings (SSSR count). The molecule has 0 radical (unpaired) electrons. The van der Waals surface area contributed by atoms with E-state index in [4.69, 9.17) is 22.1 Å². The minimum atomic E-state index is -0.246. The number of benzene rings is 1. The zero-order valence-corrected chi connectivity index (χ0v) is 10.3. The van der Waals surface area contributed by atoms with Gasteiger partial charge in [-0.05, 0) is 24.8 Å². The van der Waals surface area contributed by atoms with Gasteiger partial charge in [-0.15, -0.1) is 0 Å². The van der Waals surface area contributed by atoms with Gasteiger partial charge in [0.1, 0.15) is 6.61 Å². The smallest absolute Gasteiger partial charge is 0.307 e. The Morgan fingerprint density at radius 1 is 1.47 bits per heavy atom. The number of hydrogen-bond acceptors (Lipinski definition) is 3. The maximum Gasteiger partial charge on any atom is 0.307 e. The van der Waals surface area contributed by atoms with Crippen LogP contribution in [-0.2, 0) is 16.1 Å². The monoisotopic (exact) mass is 253 g/mol. The summed E-state index contributed by atoms with van der Waals surface area (Å²) in [7, 11) is 0. The fraction of sp³-hybridized carbons (Fsp3) is 0.462. The second-order valence-electron chi connectivity index (χ2n) is 4.46. The van der Waals surface area contributed by atoms with Crippen molar-refractivity contribution in [3.05, 3.63) is 34.9 Å². The molecule has 1 saturated carbocycles. The molecule has 1 fully saturated rings. The van der Waals surface area contributed by atoms with E-state index in [-0.39, 0.29) is 18.6 Å². The zero-order chi connectivity index (χ0) is 12.3. The SMILES string of the molecule is NC(CC(=O)OCc1ccccc1Cl)C1CC1. The first-order valence-electron chi connectivity index (χ1n) is 5.81. The van der Waals surface area contributed by atoms with Crippen LogP contribution in [0.2, 0.25) is 5.02 Å². The number of esters is 1. The molecule has 17 heavy (non-hydrogen) atoms. The van der Waals surface area contributed by atoms with Crippen molar-refractivity contribution in [1.82, 2.24) is 0 Å². The molecule has 0 aromatic heterocycles. The predicted molar refractivity (Wildman–Crippen MR) is 66.6 cm³/mol. The molecule has 1 aromatic rings. The summed E-state index contributed by atoms with van der Waals surface area (Å²) in [5.74, 6) is 0.271. The van der Waals surface area contributed by atoms with Gasteiger partial charge in [0.15, 0.2) is 0 Å².